The summed E-state index contributed by atoms with van der Waals surface area (Å²) in [6.07, 6.45) is -15.7. The van der Waals surface area contributed by atoms with E-state index in [-0.39, 0.29) is 18.2 Å². The molecule has 1 atom stereocenters. The predicted molar refractivity (Wildman–Crippen MR) is 95.8 cm³/mol. The second kappa shape index (κ2) is 8.76. The van der Waals surface area contributed by atoms with E-state index in [2.05, 4.69) is 0 Å². The summed E-state index contributed by atoms with van der Waals surface area (Å²) in [6, 6.07) is 2.64. The van der Waals surface area contributed by atoms with Crippen LogP contribution in [0.5, 0.6) is 0 Å². The molecule has 174 valence electrons. The number of Topliss-reactive ketones (excluding diaryl/α,β-unsaturated/α-hetero) is 1. The van der Waals surface area contributed by atoms with Crippen molar-refractivity contribution in [2.24, 2.45) is 0 Å². The molecule has 0 spiro atoms. The van der Waals surface area contributed by atoms with E-state index in [4.69, 9.17) is 11.6 Å². The Morgan fingerprint density at radius 2 is 1.44 bits per heavy atom. The molecule has 0 saturated carbocycles. The number of halogens is 11. The van der Waals surface area contributed by atoms with Gasteiger partial charge in [-0.15, -0.1) is 0 Å². The number of hydrogen-bond donors (Lipinski definition) is 0. The van der Waals surface area contributed by atoms with Gasteiger partial charge in [-0.2, -0.15) is 39.5 Å². The molecule has 2 rings (SSSR count). The molecule has 32 heavy (non-hydrogen) atoms. The van der Waals surface area contributed by atoms with Crippen molar-refractivity contribution in [1.29, 1.82) is 0 Å². The Morgan fingerprint density at radius 3 is 1.91 bits per heavy atom. The summed E-state index contributed by atoms with van der Waals surface area (Å²) in [7, 11) is 0. The van der Waals surface area contributed by atoms with Crippen molar-refractivity contribution >= 4 is 23.2 Å². The van der Waals surface area contributed by atoms with Gasteiger partial charge in [0.15, 0.2) is 5.78 Å². The third-order valence-electron chi connectivity index (χ3n) is 4.30. The van der Waals surface area contributed by atoms with Crippen LogP contribution in [0.1, 0.15) is 45.5 Å². The van der Waals surface area contributed by atoms with Crippen LogP contribution in [0.4, 0.5) is 43.9 Å². The topological polar surface area (TPSA) is 17.1 Å². The Kier molecular flexibility index (Phi) is 7.04. The van der Waals surface area contributed by atoms with E-state index in [1.165, 1.54) is 0 Å². The predicted octanol–water partition coefficient (Wildman–Crippen LogP) is 8.24. The lowest BCUT2D eigenvalue weighted by Crippen LogP contribution is -2.20. The molecule has 0 radical (unpaired) electrons. The van der Waals surface area contributed by atoms with E-state index in [9.17, 15) is 48.7 Å². The number of hydrogen-bond acceptors (Lipinski definition) is 1. The van der Waals surface area contributed by atoms with Crippen molar-refractivity contribution in [1.82, 2.24) is 0 Å². The maximum Gasteiger partial charge on any atom is 0.417 e. The Balaban J connectivity index is 2.64. The number of carbonyl (C=O) groups is 1. The average Bonchev–Trinajstić information content (AvgIpc) is 2.63. The molecule has 1 unspecified atom stereocenters. The fourth-order valence-corrected chi connectivity index (χ4v) is 3.03. The van der Waals surface area contributed by atoms with E-state index in [1.54, 1.807) is 0 Å². The van der Waals surface area contributed by atoms with Gasteiger partial charge in [0.05, 0.1) is 16.1 Å². The zero-order valence-electron chi connectivity index (χ0n) is 15.7. The highest BCUT2D eigenvalue weighted by molar-refractivity contribution is 6.31. The van der Waals surface area contributed by atoms with E-state index in [1.807, 2.05) is 0 Å². The van der Waals surface area contributed by atoms with Gasteiger partial charge in [0.25, 0.3) is 0 Å². The normalized spacial score (nSPS) is 14.4. The summed E-state index contributed by atoms with van der Waals surface area (Å²) < 4.78 is 134. The third kappa shape index (κ3) is 5.81. The highest BCUT2D eigenvalue weighted by atomic mass is 35.5. The summed E-state index contributed by atoms with van der Waals surface area (Å²) in [6.45, 7) is 0.814. The summed E-state index contributed by atoms with van der Waals surface area (Å²) in [5, 5.41) is -0.888. The monoisotopic (exact) mass is 492 g/mol. The molecule has 0 aliphatic heterocycles. The van der Waals surface area contributed by atoms with E-state index in [0.29, 0.717) is 24.3 Å². The highest BCUT2D eigenvalue weighted by Gasteiger charge is 2.42. The average molecular weight is 493 g/mol. The lowest BCUT2D eigenvalue weighted by molar-refractivity contribution is -0.142. The first-order valence-corrected chi connectivity index (χ1v) is 8.84. The van der Waals surface area contributed by atoms with Crippen LogP contribution < -0.4 is 0 Å². The lowest BCUT2D eigenvalue weighted by atomic mass is 9.94. The molecule has 12 heteroatoms. The molecular formula is C20H11ClF10O. The van der Waals surface area contributed by atoms with Gasteiger partial charge in [-0.05, 0) is 36.8 Å². The summed E-state index contributed by atoms with van der Waals surface area (Å²) in [4.78, 5) is 11.4. The largest absolute Gasteiger partial charge is 0.417 e. The molecule has 0 heterocycles. The summed E-state index contributed by atoms with van der Waals surface area (Å²) in [5.74, 6) is -5.72. The van der Waals surface area contributed by atoms with Crippen LogP contribution in [0.15, 0.2) is 42.5 Å². The Morgan fingerprint density at radius 1 is 0.875 bits per heavy atom. The summed E-state index contributed by atoms with van der Waals surface area (Å²) >= 11 is 5.38. The first kappa shape index (κ1) is 25.7. The number of allylic oxidation sites excluding steroid dienone is 1. The minimum atomic E-state index is -5.29. The molecule has 0 aliphatic carbocycles. The number of carbonyl (C=O) groups excluding carboxylic acids is 1. The van der Waals surface area contributed by atoms with Gasteiger partial charge in [0, 0.05) is 11.1 Å². The molecule has 0 aliphatic rings. The molecule has 0 aromatic heterocycles. The van der Waals surface area contributed by atoms with Crippen molar-refractivity contribution < 1.29 is 48.7 Å². The number of benzene rings is 2. The fourth-order valence-electron chi connectivity index (χ4n) is 2.81. The molecular weight excluding hydrogens is 482 g/mol. The van der Waals surface area contributed by atoms with Gasteiger partial charge in [0.1, 0.15) is 11.7 Å². The van der Waals surface area contributed by atoms with Gasteiger partial charge in [-0.1, -0.05) is 29.8 Å². The zero-order valence-corrected chi connectivity index (χ0v) is 16.4. The van der Waals surface area contributed by atoms with Gasteiger partial charge in [-0.25, -0.2) is 4.39 Å². The SMILES string of the molecule is CC(=O)c1ccc(/C(F)=C/C(c2ccc(Cl)c(C(F)(F)F)c2)C(F)(F)F)cc1C(F)(F)F. The number of alkyl halides is 9. The van der Waals surface area contributed by atoms with Gasteiger partial charge in [0.2, 0.25) is 0 Å². The first-order chi connectivity index (χ1) is 14.4. The molecule has 0 N–H and O–H groups in total. The summed E-state index contributed by atoms with van der Waals surface area (Å²) in [5.41, 5.74) is -5.96. The highest BCUT2D eigenvalue weighted by Crippen LogP contribution is 2.42. The van der Waals surface area contributed by atoms with Crippen LogP contribution in [-0.4, -0.2) is 12.0 Å². The molecule has 2 aromatic carbocycles. The Hall–Kier alpha value is -2.56. The van der Waals surface area contributed by atoms with Crippen molar-refractivity contribution in [3.63, 3.8) is 0 Å². The van der Waals surface area contributed by atoms with Gasteiger partial charge >= 0.3 is 18.5 Å². The van der Waals surface area contributed by atoms with Crippen LogP contribution in [0.3, 0.4) is 0 Å². The molecule has 0 bridgehead atoms. The van der Waals surface area contributed by atoms with Crippen molar-refractivity contribution in [3.05, 3.63) is 75.3 Å². The van der Waals surface area contributed by atoms with Crippen LogP contribution in [0.2, 0.25) is 5.02 Å². The Bertz CT molecular complexity index is 1050. The molecule has 0 fully saturated rings. The molecule has 1 nitrogen and oxygen atoms in total. The smallest absolute Gasteiger partial charge is 0.294 e. The first-order valence-electron chi connectivity index (χ1n) is 8.46. The lowest BCUT2D eigenvalue weighted by Gasteiger charge is -2.20. The third-order valence-corrected chi connectivity index (χ3v) is 4.63. The standard InChI is InChI=1S/C20H11ClF10O/c1-9(32)12-4-2-11(7-14(12)19(26,27)28)17(22)8-13(18(23,24)25)10-3-5-16(21)15(6-10)20(29,30)31/h2-8,13H,1H3/b17-8-. The van der Waals surface area contributed by atoms with Crippen LogP contribution >= 0.6 is 11.6 Å². The van der Waals surface area contributed by atoms with Crippen LogP contribution in [0, 0.1) is 0 Å². The molecule has 0 amide bonds. The van der Waals surface area contributed by atoms with Crippen LogP contribution in [0.25, 0.3) is 5.83 Å². The maximum absolute atomic E-state index is 14.6. The molecule has 0 saturated heterocycles. The minimum Gasteiger partial charge on any atom is -0.294 e. The van der Waals surface area contributed by atoms with Crippen molar-refractivity contribution in [2.45, 2.75) is 31.4 Å². The maximum atomic E-state index is 14.6. The second-order valence-electron chi connectivity index (χ2n) is 6.59. The number of ketones is 1. The van der Waals surface area contributed by atoms with Gasteiger partial charge in [-0.3, -0.25) is 4.79 Å². The minimum absolute atomic E-state index is 0.0876. The number of rotatable bonds is 4. The van der Waals surface area contributed by atoms with E-state index in [0.717, 1.165) is 6.92 Å². The van der Waals surface area contributed by atoms with E-state index >= 15 is 0 Å². The van der Waals surface area contributed by atoms with Crippen molar-refractivity contribution in [2.75, 3.05) is 0 Å². The van der Waals surface area contributed by atoms with Crippen molar-refractivity contribution in [3.8, 4) is 0 Å². The zero-order chi connectivity index (χ0) is 24.6. The van der Waals surface area contributed by atoms with Gasteiger partial charge < -0.3 is 0 Å². The van der Waals surface area contributed by atoms with E-state index < -0.39 is 68.9 Å². The quantitative estimate of drug-likeness (QED) is 0.310. The van der Waals surface area contributed by atoms with Crippen LogP contribution in [-0.2, 0) is 12.4 Å². The second-order valence-corrected chi connectivity index (χ2v) is 6.99. The fraction of sp³-hybridized carbons (Fsp3) is 0.250. The molecule has 2 aromatic rings. The Labute approximate surface area is 179 Å².